The minimum absolute atomic E-state index is 0.0323. The van der Waals surface area contributed by atoms with Crippen molar-refractivity contribution in [3.8, 4) is 17.0 Å². The molecule has 0 fully saturated rings. The van der Waals surface area contributed by atoms with Crippen LogP contribution in [0.1, 0.15) is 5.56 Å². The third kappa shape index (κ3) is 5.94. The van der Waals surface area contributed by atoms with Gasteiger partial charge in [-0.2, -0.15) is 31.3 Å². The van der Waals surface area contributed by atoms with E-state index in [1.807, 2.05) is 36.4 Å². The third-order valence-electron chi connectivity index (χ3n) is 7.05. The molecule has 0 aliphatic rings. The smallest absolute Gasteiger partial charge is 0.422 e. The van der Waals surface area contributed by atoms with E-state index in [-0.39, 0.29) is 23.3 Å². The number of benzene rings is 3. The largest absolute Gasteiger partial charge is 0.468 e. The van der Waals surface area contributed by atoms with Crippen LogP contribution in [0.2, 0.25) is 0 Å². The molecular formula is C31H20F6N8O. The number of hydrogen-bond acceptors (Lipinski definition) is 7. The number of nitrogens with one attached hydrogen (secondary N) is 4. The first-order chi connectivity index (χ1) is 22.0. The van der Waals surface area contributed by atoms with E-state index in [4.69, 9.17) is 4.74 Å². The van der Waals surface area contributed by atoms with Crippen LogP contribution in [-0.2, 0) is 6.18 Å². The summed E-state index contributed by atoms with van der Waals surface area (Å²) in [7, 11) is 0. The molecule has 9 nitrogen and oxygen atoms in total. The summed E-state index contributed by atoms with van der Waals surface area (Å²) in [6.45, 7) is -1.49. The van der Waals surface area contributed by atoms with Crippen molar-refractivity contribution in [3.63, 3.8) is 0 Å². The Kier molecular flexibility index (Phi) is 6.87. The van der Waals surface area contributed by atoms with Crippen LogP contribution in [0, 0.1) is 0 Å². The quantitative estimate of drug-likeness (QED) is 0.130. The third-order valence-corrected chi connectivity index (χ3v) is 7.05. The monoisotopic (exact) mass is 634 g/mol. The van der Waals surface area contributed by atoms with Crippen LogP contribution in [0.3, 0.4) is 0 Å². The highest BCUT2D eigenvalue weighted by Gasteiger charge is 2.31. The van der Waals surface area contributed by atoms with E-state index >= 15 is 0 Å². The highest BCUT2D eigenvalue weighted by molar-refractivity contribution is 6.06. The fourth-order valence-electron chi connectivity index (χ4n) is 5.08. The maximum Gasteiger partial charge on any atom is 0.422 e. The Hall–Kier alpha value is -5.86. The summed E-state index contributed by atoms with van der Waals surface area (Å²) in [5.74, 6) is -0.102. The second-order valence-corrected chi connectivity index (χ2v) is 10.3. The summed E-state index contributed by atoms with van der Waals surface area (Å²) in [6.07, 6.45) is -2.75. The van der Waals surface area contributed by atoms with Crippen LogP contribution in [0.15, 0.2) is 85.5 Å². The summed E-state index contributed by atoms with van der Waals surface area (Å²) >= 11 is 0. The minimum Gasteiger partial charge on any atom is -0.468 e. The molecule has 0 aliphatic heterocycles. The summed E-state index contributed by atoms with van der Waals surface area (Å²) in [6, 6.07) is 15.6. The molecule has 232 valence electrons. The van der Waals surface area contributed by atoms with Gasteiger partial charge in [-0.3, -0.25) is 0 Å². The van der Waals surface area contributed by atoms with E-state index in [2.05, 4.69) is 40.5 Å². The van der Waals surface area contributed by atoms with Crippen molar-refractivity contribution >= 4 is 56.0 Å². The Morgan fingerprint density at radius 2 is 1.48 bits per heavy atom. The Labute approximate surface area is 254 Å². The number of ether oxygens (including phenoxy) is 1. The normalized spacial score (nSPS) is 12.2. The Morgan fingerprint density at radius 1 is 0.717 bits per heavy atom. The highest BCUT2D eigenvalue weighted by atomic mass is 19.4. The minimum atomic E-state index is -4.52. The van der Waals surface area contributed by atoms with Crippen LogP contribution in [0.4, 0.5) is 49.6 Å². The summed E-state index contributed by atoms with van der Waals surface area (Å²) < 4.78 is 82.5. The number of hydrogen-bond donors (Lipinski definition) is 4. The van der Waals surface area contributed by atoms with Gasteiger partial charge in [0.1, 0.15) is 0 Å². The van der Waals surface area contributed by atoms with E-state index in [0.29, 0.717) is 16.8 Å². The molecule has 0 aliphatic carbocycles. The van der Waals surface area contributed by atoms with Gasteiger partial charge in [-0.1, -0.05) is 6.07 Å². The first-order valence-corrected chi connectivity index (χ1v) is 13.6. The summed E-state index contributed by atoms with van der Waals surface area (Å²) in [5.41, 5.74) is 3.54. The van der Waals surface area contributed by atoms with Gasteiger partial charge in [0.2, 0.25) is 17.8 Å². The van der Waals surface area contributed by atoms with Gasteiger partial charge in [0.15, 0.2) is 6.61 Å². The van der Waals surface area contributed by atoms with Gasteiger partial charge in [0, 0.05) is 69.5 Å². The molecule has 46 heavy (non-hydrogen) atoms. The molecule has 0 spiro atoms. The van der Waals surface area contributed by atoms with Gasteiger partial charge in [-0.25, -0.2) is 15.0 Å². The number of H-pyrrole nitrogens is 2. The maximum absolute atomic E-state index is 13.3. The Morgan fingerprint density at radius 3 is 2.28 bits per heavy atom. The van der Waals surface area contributed by atoms with Gasteiger partial charge in [0.05, 0.1) is 16.6 Å². The molecule has 0 bridgehead atoms. The van der Waals surface area contributed by atoms with Crippen LogP contribution in [0.25, 0.3) is 43.8 Å². The summed E-state index contributed by atoms with van der Waals surface area (Å²) in [5, 5.41) is 8.30. The van der Waals surface area contributed by atoms with Crippen LogP contribution in [0.5, 0.6) is 5.88 Å². The first kappa shape index (κ1) is 28.9. The lowest BCUT2D eigenvalue weighted by Gasteiger charge is -2.14. The zero-order chi connectivity index (χ0) is 32.1. The van der Waals surface area contributed by atoms with Crippen LogP contribution < -0.4 is 15.4 Å². The molecular weight excluding hydrogens is 614 g/mol. The van der Waals surface area contributed by atoms with Crippen molar-refractivity contribution in [1.82, 2.24) is 29.9 Å². The van der Waals surface area contributed by atoms with E-state index in [9.17, 15) is 26.3 Å². The van der Waals surface area contributed by atoms with E-state index in [1.165, 1.54) is 24.5 Å². The number of anilines is 4. The number of nitrogens with zero attached hydrogens (tertiary/aromatic N) is 4. The van der Waals surface area contributed by atoms with Gasteiger partial charge >= 0.3 is 12.4 Å². The second kappa shape index (κ2) is 10.9. The predicted molar refractivity (Wildman–Crippen MR) is 160 cm³/mol. The lowest BCUT2D eigenvalue weighted by atomic mass is 9.98. The second-order valence-electron chi connectivity index (χ2n) is 10.3. The average molecular weight is 635 g/mol. The topological polar surface area (TPSA) is 116 Å². The molecule has 0 atom stereocenters. The Bertz CT molecular complexity index is 2220. The van der Waals surface area contributed by atoms with E-state index < -0.39 is 24.5 Å². The van der Waals surface area contributed by atoms with Crippen molar-refractivity contribution in [2.75, 3.05) is 17.2 Å². The van der Waals surface area contributed by atoms with Crippen molar-refractivity contribution < 1.29 is 31.1 Å². The van der Waals surface area contributed by atoms with Crippen LogP contribution in [-0.4, -0.2) is 42.7 Å². The average Bonchev–Trinajstić information content (AvgIpc) is 3.68. The number of rotatable bonds is 7. The van der Waals surface area contributed by atoms with Crippen molar-refractivity contribution in [2.45, 2.75) is 12.4 Å². The van der Waals surface area contributed by atoms with Gasteiger partial charge < -0.3 is 25.3 Å². The first-order valence-electron chi connectivity index (χ1n) is 13.6. The van der Waals surface area contributed by atoms with E-state index in [1.54, 1.807) is 12.4 Å². The number of alkyl halides is 6. The Balaban J connectivity index is 1.25. The number of fused-ring (bicyclic) bond motifs is 3. The fraction of sp³-hybridized carbons (Fsp3) is 0.0968. The van der Waals surface area contributed by atoms with Gasteiger partial charge in [-0.05, 0) is 54.1 Å². The fourth-order valence-corrected chi connectivity index (χ4v) is 5.08. The molecule has 0 radical (unpaired) electrons. The SMILES string of the molecule is FC(F)(F)COc1ccnc(Nc2cc(-c3cc(Nc4ncc5ccc(C(F)(F)F)cc5n4)cc4[nH]ccc34)c3[nH]ccc3c2)n1. The van der Waals surface area contributed by atoms with Gasteiger partial charge in [0.25, 0.3) is 0 Å². The molecule has 0 saturated carbocycles. The summed E-state index contributed by atoms with van der Waals surface area (Å²) in [4.78, 5) is 23.2. The van der Waals surface area contributed by atoms with Gasteiger partial charge in [-0.15, -0.1) is 0 Å². The molecule has 0 amide bonds. The lowest BCUT2D eigenvalue weighted by molar-refractivity contribution is -0.154. The molecule has 7 aromatic rings. The van der Waals surface area contributed by atoms with E-state index in [0.717, 1.165) is 45.1 Å². The molecule has 4 heterocycles. The molecule has 3 aromatic carbocycles. The highest BCUT2D eigenvalue weighted by Crippen LogP contribution is 2.38. The van der Waals surface area contributed by atoms with Crippen molar-refractivity contribution in [3.05, 3.63) is 91.0 Å². The zero-order valence-corrected chi connectivity index (χ0v) is 23.3. The lowest BCUT2D eigenvalue weighted by Crippen LogP contribution is -2.19. The molecule has 4 N–H and O–H groups in total. The number of halogens is 6. The maximum atomic E-state index is 13.3. The number of aromatic amines is 2. The zero-order valence-electron chi connectivity index (χ0n) is 23.3. The molecule has 4 aromatic heterocycles. The number of aromatic nitrogens is 6. The molecule has 15 heteroatoms. The van der Waals surface area contributed by atoms with Crippen molar-refractivity contribution in [1.29, 1.82) is 0 Å². The molecule has 0 unspecified atom stereocenters. The van der Waals surface area contributed by atoms with Crippen molar-refractivity contribution in [2.24, 2.45) is 0 Å². The van der Waals surface area contributed by atoms with Crippen LogP contribution >= 0.6 is 0 Å². The predicted octanol–water partition coefficient (Wildman–Crippen LogP) is 8.50. The molecule has 0 saturated heterocycles. The molecule has 7 rings (SSSR count). The standard InChI is InChI=1S/C31H20F6N8O/c32-30(33,34)15-46-26-5-8-40-28(45-26)42-19-9-16-3-6-39-27(16)23(12-19)22-11-20(13-25-21(22)4-7-38-25)43-29-41-14-17-1-2-18(31(35,36)37)10-24(17)44-29/h1-14,38-39H,15H2,(H,40,42,45)(H,41,43,44).